The molecule has 1 heterocycles. The second-order valence-corrected chi connectivity index (χ2v) is 16.8. The zero-order valence-corrected chi connectivity index (χ0v) is 25.7. The molecule has 11 heteroatoms. The molecule has 3 aromatic rings. The number of benzene rings is 2. The topological polar surface area (TPSA) is 88.1 Å². The molecule has 0 saturated carbocycles. The largest absolute Gasteiger partial charge is 0.488 e. The number of nitrogens with one attached hydrogen (secondary N) is 1. The van der Waals surface area contributed by atoms with Gasteiger partial charge in [-0.25, -0.2) is 9.87 Å². The number of rotatable bonds is 12. The number of aromatic nitrogens is 1. The lowest BCUT2D eigenvalue weighted by atomic mass is 10.2. The van der Waals surface area contributed by atoms with E-state index in [4.69, 9.17) is 18.2 Å². The zero-order valence-electron chi connectivity index (χ0n) is 23.1. The molecule has 206 valence electrons. The van der Waals surface area contributed by atoms with Gasteiger partial charge in [0.05, 0.1) is 31.5 Å². The van der Waals surface area contributed by atoms with Crippen LogP contribution in [0, 0.1) is 6.92 Å². The molecule has 1 aromatic heterocycles. The number of hydrogen-bond donors (Lipinski definition) is 1. The molecule has 0 aliphatic rings. The van der Waals surface area contributed by atoms with E-state index in [9.17, 15) is 4.79 Å². The molecule has 0 radical (unpaired) electrons. The predicted molar refractivity (Wildman–Crippen MR) is 155 cm³/mol. The van der Waals surface area contributed by atoms with Gasteiger partial charge in [-0.3, -0.25) is 10.1 Å². The average molecular weight is 577 g/mol. The summed E-state index contributed by atoms with van der Waals surface area (Å²) in [6.07, 6.45) is -0.228. The van der Waals surface area contributed by atoms with Gasteiger partial charge >= 0.3 is 0 Å². The Bertz CT molecular complexity index is 1210. The van der Waals surface area contributed by atoms with Gasteiger partial charge in [0.2, 0.25) is 0 Å². The van der Waals surface area contributed by atoms with Gasteiger partial charge in [0, 0.05) is 21.9 Å². The number of aryl methyl sites for hydroxylation is 1. The van der Waals surface area contributed by atoms with E-state index >= 15 is 0 Å². The molecule has 0 aliphatic heterocycles. The van der Waals surface area contributed by atoms with Crippen molar-refractivity contribution in [1.82, 2.24) is 4.98 Å². The first-order valence-electron chi connectivity index (χ1n) is 12.2. The van der Waals surface area contributed by atoms with Crippen LogP contribution in [0.1, 0.15) is 43.7 Å². The fourth-order valence-electron chi connectivity index (χ4n) is 2.99. The van der Waals surface area contributed by atoms with Crippen LogP contribution in [0.15, 0.2) is 52.7 Å². The highest BCUT2D eigenvalue weighted by molar-refractivity contribution is 7.94. The number of nitrogens with zero attached hydrogens (tertiary/aromatic N) is 1. The van der Waals surface area contributed by atoms with Crippen LogP contribution >= 0.6 is 23.4 Å². The Balaban J connectivity index is 1.80. The van der Waals surface area contributed by atoms with Crippen molar-refractivity contribution < 1.29 is 27.9 Å². The van der Waals surface area contributed by atoms with Crippen molar-refractivity contribution in [2.45, 2.75) is 63.8 Å². The van der Waals surface area contributed by atoms with Gasteiger partial charge in [-0.1, -0.05) is 20.8 Å². The molecule has 1 N–H and O–H groups in total. The normalized spacial score (nSPS) is 12.7. The van der Waals surface area contributed by atoms with Gasteiger partial charge in [0.25, 0.3) is 5.91 Å². The summed E-state index contributed by atoms with van der Waals surface area (Å²) in [4.78, 5) is 22.9. The number of carbonyl (C=O) groups is 1. The van der Waals surface area contributed by atoms with E-state index in [2.05, 4.69) is 49.1 Å². The smallest absolute Gasteiger partial charge is 0.257 e. The van der Waals surface area contributed by atoms with E-state index in [-0.39, 0.29) is 17.0 Å². The summed E-state index contributed by atoms with van der Waals surface area (Å²) in [5.41, 5.74) is 1.24. The summed E-state index contributed by atoms with van der Waals surface area (Å²) < 4.78 is 23.5. The van der Waals surface area contributed by atoms with Crippen LogP contribution in [-0.2, 0) is 13.6 Å². The highest BCUT2D eigenvalue weighted by atomic mass is 32.2. The molecule has 38 heavy (non-hydrogen) atoms. The van der Waals surface area contributed by atoms with E-state index < -0.39 is 8.32 Å². The fourth-order valence-corrected chi connectivity index (χ4v) is 5.15. The van der Waals surface area contributed by atoms with Crippen LogP contribution < -0.4 is 14.8 Å². The van der Waals surface area contributed by atoms with Gasteiger partial charge in [-0.15, -0.1) is 11.3 Å². The maximum Gasteiger partial charge on any atom is 0.257 e. The second-order valence-electron chi connectivity index (χ2n) is 10.3. The predicted octanol–water partition coefficient (Wildman–Crippen LogP) is 7.87. The van der Waals surface area contributed by atoms with Gasteiger partial charge in [0.1, 0.15) is 23.4 Å². The second kappa shape index (κ2) is 13.1. The standard InChI is InChI=1S/C27H36N2O6S2Si/c1-18-17-36-26(28-18)29-25(30)20-13-22(33-19(2)16-32-38(7,8)27(3,4)5)15-23(14-20)34-21-9-11-24(12-10-21)37-35-31-6/h9-15,17,19H,16H2,1-8H3,(H,28,29,30)/t19-/m0/s1. The van der Waals surface area contributed by atoms with Crippen molar-refractivity contribution in [3.63, 3.8) is 0 Å². The van der Waals surface area contributed by atoms with Crippen LogP contribution in [0.2, 0.25) is 18.1 Å². The summed E-state index contributed by atoms with van der Waals surface area (Å²) in [6.45, 7) is 15.3. The Morgan fingerprint density at radius 2 is 1.79 bits per heavy atom. The third-order valence-electron chi connectivity index (χ3n) is 6.06. The third-order valence-corrected chi connectivity index (χ3v) is 12.1. The van der Waals surface area contributed by atoms with Crippen LogP contribution in [0.4, 0.5) is 5.13 Å². The lowest BCUT2D eigenvalue weighted by Gasteiger charge is -2.36. The number of hydrogen-bond acceptors (Lipinski definition) is 9. The maximum atomic E-state index is 13.1. The number of carbonyl (C=O) groups excluding carboxylic acids is 1. The number of amides is 1. The van der Waals surface area contributed by atoms with Crippen molar-refractivity contribution in [2.75, 3.05) is 19.0 Å². The molecule has 8 nitrogen and oxygen atoms in total. The average Bonchev–Trinajstić information content (AvgIpc) is 3.26. The summed E-state index contributed by atoms with van der Waals surface area (Å²) in [5.74, 6) is 1.27. The quantitative estimate of drug-likeness (QED) is 0.101. The molecule has 0 fully saturated rings. The van der Waals surface area contributed by atoms with E-state index in [1.165, 1.54) is 18.4 Å². The third kappa shape index (κ3) is 8.82. The Kier molecular flexibility index (Phi) is 10.4. The maximum absolute atomic E-state index is 13.1. The number of anilines is 1. The molecule has 0 saturated heterocycles. The zero-order chi connectivity index (χ0) is 27.9. The SMILES string of the molecule is COOSc1ccc(Oc2cc(O[C@@H](C)CO[Si](C)(C)C(C)(C)C)cc(C(=O)Nc3nc(C)cs3)c2)cc1. The van der Waals surface area contributed by atoms with E-state index in [1.807, 2.05) is 43.5 Å². The van der Waals surface area contributed by atoms with Crippen molar-refractivity contribution in [1.29, 1.82) is 0 Å². The van der Waals surface area contributed by atoms with E-state index in [0.29, 0.717) is 34.6 Å². The highest BCUT2D eigenvalue weighted by Crippen LogP contribution is 2.37. The molecule has 1 amide bonds. The van der Waals surface area contributed by atoms with E-state index in [0.717, 1.165) is 22.6 Å². The Morgan fingerprint density at radius 3 is 2.39 bits per heavy atom. The molecule has 0 spiro atoms. The van der Waals surface area contributed by atoms with Crippen LogP contribution in [0.5, 0.6) is 17.2 Å². The summed E-state index contributed by atoms with van der Waals surface area (Å²) in [5, 5.41) is 5.36. The van der Waals surface area contributed by atoms with Gasteiger partial charge in [0.15, 0.2) is 13.4 Å². The van der Waals surface area contributed by atoms with Crippen molar-refractivity contribution in [2.24, 2.45) is 0 Å². The molecular formula is C27H36N2O6S2Si. The molecule has 1 atom stereocenters. The van der Waals surface area contributed by atoms with Gasteiger partial charge < -0.3 is 13.9 Å². The molecule has 2 aromatic carbocycles. The molecule has 3 rings (SSSR count). The lowest BCUT2D eigenvalue weighted by Crippen LogP contribution is -2.43. The Labute approximate surface area is 234 Å². The van der Waals surface area contributed by atoms with Crippen LogP contribution in [0.25, 0.3) is 0 Å². The van der Waals surface area contributed by atoms with E-state index in [1.54, 1.807) is 18.2 Å². The first kappa shape index (κ1) is 30.1. The Morgan fingerprint density at radius 1 is 1.11 bits per heavy atom. The number of thiazole rings is 1. The number of ether oxygens (including phenoxy) is 2. The molecular weight excluding hydrogens is 541 g/mol. The minimum absolute atomic E-state index is 0.101. The minimum Gasteiger partial charge on any atom is -0.488 e. The summed E-state index contributed by atoms with van der Waals surface area (Å²) in [6, 6.07) is 12.5. The van der Waals surface area contributed by atoms with Crippen molar-refractivity contribution in [3.8, 4) is 17.2 Å². The van der Waals surface area contributed by atoms with Crippen LogP contribution in [-0.4, -0.2) is 39.0 Å². The minimum atomic E-state index is -1.92. The lowest BCUT2D eigenvalue weighted by molar-refractivity contribution is -0.160. The fraction of sp³-hybridized carbons (Fsp3) is 0.407. The monoisotopic (exact) mass is 576 g/mol. The molecule has 0 bridgehead atoms. The summed E-state index contributed by atoms with van der Waals surface area (Å²) >= 11 is 2.47. The van der Waals surface area contributed by atoms with Gasteiger partial charge in [-0.2, -0.15) is 4.33 Å². The molecule has 0 unspecified atom stereocenters. The Hall–Kier alpha value is -2.41. The molecule has 0 aliphatic carbocycles. The van der Waals surface area contributed by atoms with Gasteiger partial charge in [-0.05, 0) is 68.4 Å². The first-order valence-corrected chi connectivity index (χ1v) is 16.7. The first-order chi connectivity index (χ1) is 17.9. The van der Waals surface area contributed by atoms with Crippen molar-refractivity contribution >= 4 is 42.7 Å². The highest BCUT2D eigenvalue weighted by Gasteiger charge is 2.37. The summed E-state index contributed by atoms with van der Waals surface area (Å²) in [7, 11) is -0.476. The van der Waals surface area contributed by atoms with Crippen LogP contribution in [0.3, 0.4) is 0 Å². The van der Waals surface area contributed by atoms with Crippen molar-refractivity contribution in [3.05, 3.63) is 59.1 Å².